The summed E-state index contributed by atoms with van der Waals surface area (Å²) in [6, 6.07) is 12.7. The van der Waals surface area contributed by atoms with Crippen molar-refractivity contribution in [1.29, 1.82) is 0 Å². The number of piperazine rings is 1. The van der Waals surface area contributed by atoms with E-state index in [4.69, 9.17) is 11.6 Å². The first kappa shape index (κ1) is 19.4. The largest absolute Gasteiger partial charge is 0.369 e. The molecule has 2 aliphatic heterocycles. The van der Waals surface area contributed by atoms with Crippen molar-refractivity contribution < 1.29 is 14.5 Å². The van der Waals surface area contributed by atoms with Gasteiger partial charge in [-0.25, -0.2) is 4.90 Å². The summed E-state index contributed by atoms with van der Waals surface area (Å²) in [5.74, 6) is -0.416. The van der Waals surface area contributed by atoms with Gasteiger partial charge in [0.05, 0.1) is 23.1 Å². The van der Waals surface area contributed by atoms with Crippen LogP contribution in [0.2, 0.25) is 5.02 Å². The third kappa shape index (κ3) is 3.81. The molecule has 0 aliphatic carbocycles. The minimum absolute atomic E-state index is 0.0599. The van der Waals surface area contributed by atoms with Crippen LogP contribution in [0.3, 0.4) is 0 Å². The Morgan fingerprint density at radius 2 is 1.48 bits per heavy atom. The highest BCUT2D eigenvalue weighted by Gasteiger charge is 2.43. The molecular weight excluding hydrogens is 396 g/mol. The number of nitrogens with zero attached hydrogens (tertiary/aromatic N) is 4. The Balaban J connectivity index is 1.41. The molecule has 9 heteroatoms. The number of rotatable bonds is 4. The molecule has 2 aliphatic rings. The third-order valence-electron chi connectivity index (χ3n) is 5.39. The van der Waals surface area contributed by atoms with E-state index >= 15 is 0 Å². The van der Waals surface area contributed by atoms with Crippen LogP contribution in [-0.4, -0.2) is 53.9 Å². The molecule has 0 radical (unpaired) electrons. The Morgan fingerprint density at radius 1 is 0.897 bits per heavy atom. The number of carbonyl (C=O) groups is 2. The predicted octanol–water partition coefficient (Wildman–Crippen LogP) is 2.70. The van der Waals surface area contributed by atoms with Crippen molar-refractivity contribution in [1.82, 2.24) is 4.90 Å². The molecule has 4 rings (SSSR count). The molecule has 2 aromatic rings. The normalized spacial score (nSPS) is 20.4. The van der Waals surface area contributed by atoms with E-state index in [1.54, 1.807) is 36.4 Å². The van der Waals surface area contributed by atoms with Crippen LogP contribution in [0.15, 0.2) is 48.5 Å². The standard InChI is InChI=1S/C20H19ClN4O4/c21-14-1-3-16(4-2-14)24-19(26)13-18(20(24)27)23-11-9-22(10-12-23)15-5-7-17(8-6-15)25(28)29/h1-8,18H,9-13H2. The summed E-state index contributed by atoms with van der Waals surface area (Å²) in [5, 5.41) is 11.3. The topological polar surface area (TPSA) is 87.0 Å². The van der Waals surface area contributed by atoms with Gasteiger partial charge in [-0.3, -0.25) is 24.6 Å². The highest BCUT2D eigenvalue weighted by Crippen LogP contribution is 2.28. The van der Waals surface area contributed by atoms with Crippen LogP contribution in [0.1, 0.15) is 6.42 Å². The van der Waals surface area contributed by atoms with E-state index in [1.165, 1.54) is 17.0 Å². The molecule has 2 fully saturated rings. The number of carbonyl (C=O) groups excluding carboxylic acids is 2. The van der Waals surface area contributed by atoms with Crippen molar-refractivity contribution in [3.05, 3.63) is 63.7 Å². The lowest BCUT2D eigenvalue weighted by molar-refractivity contribution is -0.384. The van der Waals surface area contributed by atoms with Crippen LogP contribution in [0.4, 0.5) is 17.1 Å². The maximum Gasteiger partial charge on any atom is 0.269 e. The Labute approximate surface area is 172 Å². The number of hydrogen-bond donors (Lipinski definition) is 0. The summed E-state index contributed by atoms with van der Waals surface area (Å²) in [7, 11) is 0. The fourth-order valence-electron chi connectivity index (χ4n) is 3.84. The minimum atomic E-state index is -0.461. The van der Waals surface area contributed by atoms with Gasteiger partial charge < -0.3 is 4.90 Å². The number of halogens is 1. The average molecular weight is 415 g/mol. The molecule has 0 N–H and O–H groups in total. The Kier molecular flexibility index (Phi) is 5.21. The molecule has 150 valence electrons. The second-order valence-corrected chi connectivity index (χ2v) is 7.50. The van der Waals surface area contributed by atoms with Crippen molar-refractivity contribution in [3.63, 3.8) is 0 Å². The van der Waals surface area contributed by atoms with Gasteiger partial charge in [0, 0.05) is 49.0 Å². The van der Waals surface area contributed by atoms with Gasteiger partial charge in [0.2, 0.25) is 5.91 Å². The second kappa shape index (κ2) is 7.81. The number of amides is 2. The van der Waals surface area contributed by atoms with Crippen molar-refractivity contribution >= 4 is 40.5 Å². The summed E-state index contributed by atoms with van der Waals surface area (Å²) < 4.78 is 0. The van der Waals surface area contributed by atoms with Gasteiger partial charge in [-0.15, -0.1) is 0 Å². The number of hydrogen-bond acceptors (Lipinski definition) is 6. The first-order chi connectivity index (χ1) is 13.9. The smallest absolute Gasteiger partial charge is 0.269 e. The Hall–Kier alpha value is -2.97. The predicted molar refractivity (Wildman–Crippen MR) is 109 cm³/mol. The Morgan fingerprint density at radius 3 is 2.07 bits per heavy atom. The van der Waals surface area contributed by atoms with Crippen LogP contribution in [0.25, 0.3) is 0 Å². The lowest BCUT2D eigenvalue weighted by Gasteiger charge is -2.38. The summed E-state index contributed by atoms with van der Waals surface area (Å²) in [6.45, 7) is 2.62. The summed E-state index contributed by atoms with van der Waals surface area (Å²) >= 11 is 5.90. The van der Waals surface area contributed by atoms with Gasteiger partial charge in [-0.2, -0.15) is 0 Å². The monoisotopic (exact) mass is 414 g/mol. The molecule has 0 saturated carbocycles. The highest BCUT2D eigenvalue weighted by molar-refractivity contribution is 6.30. The maximum atomic E-state index is 12.9. The van der Waals surface area contributed by atoms with E-state index in [9.17, 15) is 19.7 Å². The van der Waals surface area contributed by atoms with Crippen LogP contribution in [-0.2, 0) is 9.59 Å². The number of non-ortho nitro benzene ring substituents is 1. The average Bonchev–Trinajstić information content (AvgIpc) is 3.03. The van der Waals surface area contributed by atoms with E-state index < -0.39 is 11.0 Å². The number of nitro benzene ring substituents is 1. The second-order valence-electron chi connectivity index (χ2n) is 7.06. The van der Waals surface area contributed by atoms with Crippen molar-refractivity contribution in [2.45, 2.75) is 12.5 Å². The zero-order valence-electron chi connectivity index (χ0n) is 15.5. The van der Waals surface area contributed by atoms with E-state index in [1.807, 2.05) is 4.90 Å². The van der Waals surface area contributed by atoms with Crippen molar-refractivity contribution in [2.75, 3.05) is 36.0 Å². The first-order valence-electron chi connectivity index (χ1n) is 9.30. The maximum absolute atomic E-state index is 12.9. The SMILES string of the molecule is O=C1CC(N2CCN(c3ccc([N+](=O)[O-])cc3)CC2)C(=O)N1c1ccc(Cl)cc1. The molecule has 2 amide bonds. The van der Waals surface area contributed by atoms with Gasteiger partial charge in [-0.1, -0.05) is 11.6 Å². The third-order valence-corrected chi connectivity index (χ3v) is 5.64. The number of benzene rings is 2. The molecule has 2 aromatic carbocycles. The quantitative estimate of drug-likeness (QED) is 0.434. The fraction of sp³-hybridized carbons (Fsp3) is 0.300. The molecule has 0 aromatic heterocycles. The molecule has 1 unspecified atom stereocenters. The van der Waals surface area contributed by atoms with Gasteiger partial charge in [0.25, 0.3) is 11.6 Å². The summed E-state index contributed by atoms with van der Waals surface area (Å²) in [4.78, 5) is 41.2. The van der Waals surface area contributed by atoms with Gasteiger partial charge >= 0.3 is 0 Å². The molecule has 0 spiro atoms. The first-order valence-corrected chi connectivity index (χ1v) is 9.67. The van der Waals surface area contributed by atoms with Crippen LogP contribution >= 0.6 is 11.6 Å². The van der Waals surface area contributed by atoms with Crippen molar-refractivity contribution in [2.24, 2.45) is 0 Å². The number of anilines is 2. The van der Waals surface area contributed by atoms with Crippen LogP contribution < -0.4 is 9.80 Å². The molecule has 1 atom stereocenters. The van der Waals surface area contributed by atoms with E-state index in [0.717, 1.165) is 5.69 Å². The van der Waals surface area contributed by atoms with Gasteiger partial charge in [0.1, 0.15) is 0 Å². The molecule has 29 heavy (non-hydrogen) atoms. The molecule has 0 bridgehead atoms. The summed E-state index contributed by atoms with van der Waals surface area (Å²) in [6.07, 6.45) is 0.166. The van der Waals surface area contributed by atoms with Gasteiger partial charge in [-0.05, 0) is 36.4 Å². The lowest BCUT2D eigenvalue weighted by Crippen LogP contribution is -2.52. The number of nitro groups is 1. The Bertz CT molecular complexity index is 940. The van der Waals surface area contributed by atoms with E-state index in [2.05, 4.69) is 4.90 Å². The van der Waals surface area contributed by atoms with E-state index in [0.29, 0.717) is 36.9 Å². The molecule has 2 heterocycles. The van der Waals surface area contributed by atoms with E-state index in [-0.39, 0.29) is 23.9 Å². The highest BCUT2D eigenvalue weighted by atomic mass is 35.5. The molecular formula is C20H19ClN4O4. The summed E-state index contributed by atoms with van der Waals surface area (Å²) in [5.41, 5.74) is 1.51. The van der Waals surface area contributed by atoms with Crippen LogP contribution in [0, 0.1) is 10.1 Å². The fourth-order valence-corrected chi connectivity index (χ4v) is 3.97. The van der Waals surface area contributed by atoms with Gasteiger partial charge in [0.15, 0.2) is 0 Å². The lowest BCUT2D eigenvalue weighted by atomic mass is 10.1. The number of imide groups is 1. The minimum Gasteiger partial charge on any atom is -0.369 e. The van der Waals surface area contributed by atoms with Crippen LogP contribution in [0.5, 0.6) is 0 Å². The zero-order valence-corrected chi connectivity index (χ0v) is 16.3. The molecule has 2 saturated heterocycles. The van der Waals surface area contributed by atoms with Crippen molar-refractivity contribution in [3.8, 4) is 0 Å². The molecule has 8 nitrogen and oxygen atoms in total. The zero-order chi connectivity index (χ0) is 20.5.